The van der Waals surface area contributed by atoms with Crippen LogP contribution in [0.25, 0.3) is 0 Å². The van der Waals surface area contributed by atoms with Gasteiger partial charge in [-0.25, -0.2) is 4.98 Å². The van der Waals surface area contributed by atoms with Gasteiger partial charge in [0.15, 0.2) is 11.6 Å². The molecule has 0 saturated carbocycles. The van der Waals surface area contributed by atoms with Crippen LogP contribution in [0.4, 0.5) is 5.82 Å². The topological polar surface area (TPSA) is 34.6 Å². The quantitative estimate of drug-likeness (QED) is 0.800. The van der Waals surface area contributed by atoms with E-state index in [0.717, 1.165) is 24.7 Å². The summed E-state index contributed by atoms with van der Waals surface area (Å²) in [6, 6.07) is 3.85. The molecule has 0 aromatic carbocycles. The number of rotatable bonds is 4. The van der Waals surface area contributed by atoms with Crippen LogP contribution >= 0.6 is 11.6 Å². The van der Waals surface area contributed by atoms with Crippen molar-refractivity contribution in [2.45, 2.75) is 45.5 Å². The lowest BCUT2D eigenvalue weighted by Crippen LogP contribution is -2.53. The Kier molecular flexibility index (Phi) is 4.76. The van der Waals surface area contributed by atoms with Gasteiger partial charge in [0.2, 0.25) is 0 Å². The molecular formula is C15H23ClN2O2. The molecule has 0 radical (unpaired) electrons. The molecule has 0 amide bonds. The summed E-state index contributed by atoms with van der Waals surface area (Å²) in [5, 5.41) is 0. The largest absolute Gasteiger partial charge is 0.487 e. The normalized spacial score (nSPS) is 22.1. The average molecular weight is 299 g/mol. The molecule has 0 aliphatic carbocycles. The van der Waals surface area contributed by atoms with Crippen LogP contribution in [0.1, 0.15) is 27.7 Å². The second-order valence-electron chi connectivity index (χ2n) is 6.03. The van der Waals surface area contributed by atoms with Gasteiger partial charge in [0.25, 0.3) is 0 Å². The molecule has 0 spiro atoms. The second-order valence-corrected chi connectivity index (χ2v) is 6.33. The lowest BCUT2D eigenvalue weighted by molar-refractivity contribution is -0.0737. The molecule has 1 aromatic rings. The zero-order valence-electron chi connectivity index (χ0n) is 12.6. The highest BCUT2D eigenvalue weighted by Gasteiger charge is 2.34. The molecule has 112 valence electrons. The van der Waals surface area contributed by atoms with Crippen LogP contribution in [0.15, 0.2) is 18.3 Å². The summed E-state index contributed by atoms with van der Waals surface area (Å²) < 4.78 is 11.8. The van der Waals surface area contributed by atoms with Crippen molar-refractivity contribution >= 4 is 17.4 Å². The van der Waals surface area contributed by atoms with Crippen molar-refractivity contribution in [1.29, 1.82) is 0 Å². The molecule has 1 atom stereocenters. The molecular weight excluding hydrogens is 276 g/mol. The zero-order valence-corrected chi connectivity index (χ0v) is 13.4. The number of halogens is 1. The monoisotopic (exact) mass is 298 g/mol. The van der Waals surface area contributed by atoms with Crippen molar-refractivity contribution in [2.75, 3.05) is 23.9 Å². The Balaban J connectivity index is 2.25. The fraction of sp³-hybridized carbons (Fsp3) is 0.667. The van der Waals surface area contributed by atoms with E-state index < -0.39 is 0 Å². The summed E-state index contributed by atoms with van der Waals surface area (Å²) in [5.74, 6) is 2.16. The predicted octanol–water partition coefficient (Wildman–Crippen LogP) is 3.09. The molecule has 2 rings (SSSR count). The van der Waals surface area contributed by atoms with Gasteiger partial charge >= 0.3 is 0 Å². The first-order valence-corrected chi connectivity index (χ1v) is 7.55. The van der Waals surface area contributed by atoms with Crippen LogP contribution < -0.4 is 9.64 Å². The van der Waals surface area contributed by atoms with Gasteiger partial charge in [-0.3, -0.25) is 0 Å². The van der Waals surface area contributed by atoms with Gasteiger partial charge in [-0.2, -0.15) is 0 Å². The third-order valence-electron chi connectivity index (χ3n) is 3.07. The number of pyridine rings is 1. The van der Waals surface area contributed by atoms with Crippen LogP contribution in [0, 0.1) is 0 Å². The van der Waals surface area contributed by atoms with Crippen LogP contribution in [0.3, 0.4) is 0 Å². The summed E-state index contributed by atoms with van der Waals surface area (Å²) in [6.45, 7) is 9.68. The predicted molar refractivity (Wildman–Crippen MR) is 81.9 cm³/mol. The maximum Gasteiger partial charge on any atom is 0.171 e. The van der Waals surface area contributed by atoms with Crippen LogP contribution in [-0.2, 0) is 4.74 Å². The summed E-state index contributed by atoms with van der Waals surface area (Å²) in [5.41, 5.74) is -0.246. The van der Waals surface area contributed by atoms with Crippen molar-refractivity contribution in [2.24, 2.45) is 0 Å². The zero-order chi connectivity index (χ0) is 14.8. The Bertz CT molecular complexity index is 451. The van der Waals surface area contributed by atoms with Crippen molar-refractivity contribution in [3.05, 3.63) is 18.3 Å². The molecule has 1 saturated heterocycles. The molecule has 0 N–H and O–H groups in total. The summed E-state index contributed by atoms with van der Waals surface area (Å²) in [4.78, 5) is 6.69. The van der Waals surface area contributed by atoms with Crippen LogP contribution in [-0.4, -0.2) is 41.8 Å². The molecule has 1 unspecified atom stereocenters. The fourth-order valence-corrected chi connectivity index (χ4v) is 2.66. The lowest BCUT2D eigenvalue weighted by Gasteiger charge is -2.43. The van der Waals surface area contributed by atoms with E-state index in [2.05, 4.69) is 23.7 Å². The number of anilines is 1. The Morgan fingerprint density at radius 3 is 2.95 bits per heavy atom. The minimum absolute atomic E-state index is 0.00863. The van der Waals surface area contributed by atoms with E-state index in [1.165, 1.54) is 0 Å². The van der Waals surface area contributed by atoms with E-state index in [-0.39, 0.29) is 17.8 Å². The third-order valence-corrected chi connectivity index (χ3v) is 3.41. The molecule has 4 nitrogen and oxygen atoms in total. The summed E-state index contributed by atoms with van der Waals surface area (Å²) >= 11 is 5.98. The minimum Gasteiger partial charge on any atom is -0.487 e. The summed E-state index contributed by atoms with van der Waals surface area (Å²) in [7, 11) is 0. The number of aromatic nitrogens is 1. The van der Waals surface area contributed by atoms with Crippen LogP contribution in [0.2, 0.25) is 0 Å². The van der Waals surface area contributed by atoms with Gasteiger partial charge in [-0.15, -0.1) is 11.6 Å². The Morgan fingerprint density at radius 2 is 2.30 bits per heavy atom. The second kappa shape index (κ2) is 6.19. The van der Waals surface area contributed by atoms with Gasteiger partial charge in [0.1, 0.15) is 0 Å². The maximum absolute atomic E-state index is 5.98. The number of hydrogen-bond donors (Lipinski definition) is 0. The molecule has 1 fully saturated rings. The van der Waals surface area contributed by atoms with Gasteiger partial charge in [-0.1, -0.05) is 0 Å². The first-order chi connectivity index (χ1) is 9.41. The van der Waals surface area contributed by atoms with Crippen LogP contribution in [0.5, 0.6) is 5.75 Å². The van der Waals surface area contributed by atoms with Gasteiger partial charge in [0.05, 0.1) is 23.7 Å². The minimum atomic E-state index is -0.246. The average Bonchev–Trinajstić information content (AvgIpc) is 2.36. The molecule has 0 bridgehead atoms. The molecule has 1 aliphatic rings. The molecule has 2 heterocycles. The standard InChI is InChI=1S/C15H23ClN2O2/c1-11(2)19-13-6-5-7-17-14(13)18-9-12(8-16)20-15(3,4)10-18/h5-7,11-12H,8-10H2,1-4H3. The Morgan fingerprint density at radius 1 is 1.55 bits per heavy atom. The number of morpholine rings is 1. The van der Waals surface area contributed by atoms with E-state index in [1.807, 2.05) is 26.0 Å². The molecule has 1 aliphatic heterocycles. The highest BCUT2D eigenvalue weighted by Crippen LogP contribution is 2.31. The van der Waals surface area contributed by atoms with Crippen molar-refractivity contribution in [3.8, 4) is 5.75 Å². The number of alkyl halides is 1. The van der Waals surface area contributed by atoms with Gasteiger partial charge < -0.3 is 14.4 Å². The first-order valence-electron chi connectivity index (χ1n) is 7.01. The molecule has 1 aromatic heterocycles. The van der Waals surface area contributed by atoms with Gasteiger partial charge in [0, 0.05) is 19.3 Å². The maximum atomic E-state index is 5.98. The number of nitrogens with zero attached hydrogens (tertiary/aromatic N) is 2. The number of hydrogen-bond acceptors (Lipinski definition) is 4. The van der Waals surface area contributed by atoms with Crippen molar-refractivity contribution in [1.82, 2.24) is 4.98 Å². The van der Waals surface area contributed by atoms with Gasteiger partial charge in [-0.05, 0) is 39.8 Å². The Labute approximate surface area is 126 Å². The van der Waals surface area contributed by atoms with E-state index in [1.54, 1.807) is 6.20 Å². The van der Waals surface area contributed by atoms with E-state index in [9.17, 15) is 0 Å². The van der Waals surface area contributed by atoms with E-state index in [0.29, 0.717) is 5.88 Å². The SMILES string of the molecule is CC(C)Oc1cccnc1N1CC(CCl)OC(C)(C)C1. The third kappa shape index (κ3) is 3.76. The summed E-state index contributed by atoms with van der Waals surface area (Å²) in [6.07, 6.45) is 1.92. The van der Waals surface area contributed by atoms with Crippen molar-refractivity contribution in [3.63, 3.8) is 0 Å². The highest BCUT2D eigenvalue weighted by atomic mass is 35.5. The lowest BCUT2D eigenvalue weighted by atomic mass is 10.1. The molecule has 20 heavy (non-hydrogen) atoms. The fourth-order valence-electron chi connectivity index (χ4n) is 2.50. The highest BCUT2D eigenvalue weighted by molar-refractivity contribution is 6.18. The first kappa shape index (κ1) is 15.4. The van der Waals surface area contributed by atoms with Crippen molar-refractivity contribution < 1.29 is 9.47 Å². The smallest absolute Gasteiger partial charge is 0.171 e. The number of ether oxygens (including phenoxy) is 2. The van der Waals surface area contributed by atoms with E-state index in [4.69, 9.17) is 21.1 Å². The van der Waals surface area contributed by atoms with E-state index >= 15 is 0 Å². The Hall–Kier alpha value is -1.00. The molecule has 5 heteroatoms.